The molecule has 3 fully saturated rings. The number of carbonyl (C=O) groups excluding carboxylic acids is 3. The number of nitrogens with two attached hydrogens (primary N) is 1. The molecule has 3 aliphatic rings. The van der Waals surface area contributed by atoms with Crippen molar-refractivity contribution in [2.24, 2.45) is 17.6 Å². The van der Waals surface area contributed by atoms with Crippen LogP contribution in [0.2, 0.25) is 0 Å². The average molecular weight is 251 g/mol. The molecule has 1 aliphatic heterocycles. The van der Waals surface area contributed by atoms with E-state index in [4.69, 9.17) is 5.73 Å². The van der Waals surface area contributed by atoms with Gasteiger partial charge in [-0.3, -0.25) is 14.5 Å². The van der Waals surface area contributed by atoms with Crippen LogP contribution in [0.15, 0.2) is 0 Å². The molecular weight excluding hydrogens is 234 g/mol. The Balaban J connectivity index is 1.80. The minimum Gasteiger partial charge on any atom is -0.370 e. The largest absolute Gasteiger partial charge is 0.370 e. The molecule has 0 unspecified atom stereocenters. The fourth-order valence-electron chi connectivity index (χ4n) is 3.00. The first kappa shape index (κ1) is 11.5. The van der Waals surface area contributed by atoms with Crippen molar-refractivity contribution in [1.29, 1.82) is 0 Å². The third-order valence-corrected chi connectivity index (χ3v) is 4.18. The van der Waals surface area contributed by atoms with E-state index in [1.807, 2.05) is 0 Å². The van der Waals surface area contributed by atoms with Crippen LogP contribution in [0, 0.1) is 11.8 Å². The van der Waals surface area contributed by atoms with Crippen LogP contribution in [0.4, 0.5) is 4.79 Å². The lowest BCUT2D eigenvalue weighted by Gasteiger charge is -2.26. The number of carbonyl (C=O) groups is 3. The van der Waals surface area contributed by atoms with Crippen LogP contribution in [0.25, 0.3) is 0 Å². The van der Waals surface area contributed by atoms with Crippen molar-refractivity contribution in [3.63, 3.8) is 0 Å². The zero-order chi connectivity index (χ0) is 12.9. The summed E-state index contributed by atoms with van der Waals surface area (Å²) in [5.41, 5.74) is 4.41. The van der Waals surface area contributed by atoms with Gasteiger partial charge in [0.1, 0.15) is 5.54 Å². The first-order valence-corrected chi connectivity index (χ1v) is 6.48. The first-order valence-electron chi connectivity index (χ1n) is 6.48. The van der Waals surface area contributed by atoms with Gasteiger partial charge in [0.25, 0.3) is 5.91 Å². The van der Waals surface area contributed by atoms with Gasteiger partial charge in [-0.2, -0.15) is 0 Å². The topological polar surface area (TPSA) is 92.5 Å². The summed E-state index contributed by atoms with van der Waals surface area (Å²) in [6.45, 7) is 0.0984. The summed E-state index contributed by atoms with van der Waals surface area (Å²) in [5, 5.41) is 2.90. The van der Waals surface area contributed by atoms with Gasteiger partial charge in [-0.1, -0.05) is 0 Å². The molecule has 0 spiro atoms. The lowest BCUT2D eigenvalue weighted by molar-refractivity contribution is -0.133. The summed E-state index contributed by atoms with van der Waals surface area (Å²) in [6, 6.07) is -0.361. The second-order valence-electron chi connectivity index (χ2n) is 5.52. The Labute approximate surface area is 105 Å². The van der Waals surface area contributed by atoms with Crippen LogP contribution in [-0.4, -0.2) is 34.8 Å². The molecule has 6 nitrogen and oxygen atoms in total. The van der Waals surface area contributed by atoms with Gasteiger partial charge < -0.3 is 11.1 Å². The molecule has 18 heavy (non-hydrogen) atoms. The summed E-state index contributed by atoms with van der Waals surface area (Å²) < 4.78 is 0. The standard InChI is InChI=1S/C12H17N3O3/c13-9(16)5-6-15-10(17)12(7-1-2-7,8-3-4-8)14-11(15)18/h7-8H,1-6H2,(H2,13,16)(H,14,18). The quantitative estimate of drug-likeness (QED) is 0.672. The highest BCUT2D eigenvalue weighted by Crippen LogP contribution is 2.54. The number of hydrogen-bond acceptors (Lipinski definition) is 3. The van der Waals surface area contributed by atoms with E-state index in [0.717, 1.165) is 25.7 Å². The predicted octanol–water partition coefficient (Wildman–Crippen LogP) is -0.0276. The van der Waals surface area contributed by atoms with Gasteiger partial charge in [0, 0.05) is 13.0 Å². The van der Waals surface area contributed by atoms with Crippen molar-refractivity contribution in [1.82, 2.24) is 10.2 Å². The molecule has 2 saturated carbocycles. The smallest absolute Gasteiger partial charge is 0.325 e. The Morgan fingerprint density at radius 3 is 2.28 bits per heavy atom. The van der Waals surface area contributed by atoms with Gasteiger partial charge in [0.15, 0.2) is 0 Å². The summed E-state index contributed by atoms with van der Waals surface area (Å²) in [7, 11) is 0. The fraction of sp³-hybridized carbons (Fsp3) is 0.750. The van der Waals surface area contributed by atoms with Crippen molar-refractivity contribution in [2.45, 2.75) is 37.6 Å². The Morgan fingerprint density at radius 1 is 1.28 bits per heavy atom. The Hall–Kier alpha value is -1.59. The normalized spacial score (nSPS) is 26.3. The molecule has 6 heteroatoms. The molecule has 0 aromatic carbocycles. The molecule has 0 aromatic heterocycles. The van der Waals surface area contributed by atoms with Gasteiger partial charge in [-0.15, -0.1) is 0 Å². The molecule has 1 saturated heterocycles. The van der Waals surface area contributed by atoms with E-state index >= 15 is 0 Å². The second-order valence-corrected chi connectivity index (χ2v) is 5.52. The maximum absolute atomic E-state index is 12.5. The van der Waals surface area contributed by atoms with Gasteiger partial charge in [0.05, 0.1) is 0 Å². The third kappa shape index (κ3) is 1.59. The number of imide groups is 1. The number of rotatable bonds is 5. The van der Waals surface area contributed by atoms with Crippen molar-refractivity contribution >= 4 is 17.8 Å². The minimum absolute atomic E-state index is 0.0323. The molecule has 2 aliphatic carbocycles. The van der Waals surface area contributed by atoms with E-state index in [-0.39, 0.29) is 24.9 Å². The van der Waals surface area contributed by atoms with Crippen LogP contribution >= 0.6 is 0 Å². The maximum atomic E-state index is 12.5. The molecular formula is C12H17N3O3. The SMILES string of the molecule is NC(=O)CCN1C(=O)NC(C2CC2)(C2CC2)C1=O. The number of nitrogens with zero attached hydrogens (tertiary/aromatic N) is 1. The summed E-state index contributed by atoms with van der Waals surface area (Å²) in [4.78, 5) is 36.4. The minimum atomic E-state index is -0.658. The van der Waals surface area contributed by atoms with Crippen molar-refractivity contribution in [3.05, 3.63) is 0 Å². The van der Waals surface area contributed by atoms with E-state index in [0.29, 0.717) is 11.8 Å². The van der Waals surface area contributed by atoms with Gasteiger partial charge >= 0.3 is 6.03 Å². The predicted molar refractivity (Wildman–Crippen MR) is 62.2 cm³/mol. The third-order valence-electron chi connectivity index (χ3n) is 4.18. The Kier molecular flexibility index (Phi) is 2.36. The molecule has 0 radical (unpaired) electrons. The molecule has 3 rings (SSSR count). The number of amides is 4. The molecule has 0 aromatic rings. The first-order chi connectivity index (χ1) is 8.55. The van der Waals surface area contributed by atoms with Gasteiger partial charge in [-0.25, -0.2) is 4.79 Å². The van der Waals surface area contributed by atoms with Crippen molar-refractivity contribution in [3.8, 4) is 0 Å². The second kappa shape index (κ2) is 3.70. The van der Waals surface area contributed by atoms with Crippen LogP contribution in [-0.2, 0) is 9.59 Å². The Bertz CT molecular complexity index is 414. The number of hydrogen-bond donors (Lipinski definition) is 2. The summed E-state index contributed by atoms with van der Waals surface area (Å²) in [6.07, 6.45) is 4.06. The van der Waals surface area contributed by atoms with Crippen LogP contribution in [0.1, 0.15) is 32.1 Å². The molecule has 98 valence electrons. The van der Waals surface area contributed by atoms with Crippen molar-refractivity contribution in [2.75, 3.05) is 6.54 Å². The van der Waals surface area contributed by atoms with E-state index in [9.17, 15) is 14.4 Å². The van der Waals surface area contributed by atoms with Crippen LogP contribution < -0.4 is 11.1 Å². The molecule has 4 amide bonds. The van der Waals surface area contributed by atoms with Crippen LogP contribution in [0.5, 0.6) is 0 Å². The van der Waals surface area contributed by atoms with E-state index in [1.165, 1.54) is 4.90 Å². The highest BCUT2D eigenvalue weighted by molar-refractivity contribution is 6.08. The molecule has 1 heterocycles. The van der Waals surface area contributed by atoms with Crippen molar-refractivity contribution < 1.29 is 14.4 Å². The number of nitrogens with one attached hydrogen (secondary N) is 1. The number of primary amides is 1. The molecule has 3 N–H and O–H groups in total. The van der Waals surface area contributed by atoms with Crippen LogP contribution in [0.3, 0.4) is 0 Å². The van der Waals surface area contributed by atoms with E-state index < -0.39 is 11.4 Å². The number of urea groups is 1. The fourth-order valence-corrected chi connectivity index (χ4v) is 3.00. The van der Waals surface area contributed by atoms with Gasteiger partial charge in [-0.05, 0) is 37.5 Å². The lowest BCUT2D eigenvalue weighted by atomic mass is 9.87. The summed E-state index contributed by atoms with van der Waals surface area (Å²) in [5.74, 6) is -0.0512. The summed E-state index contributed by atoms with van der Waals surface area (Å²) >= 11 is 0. The van der Waals surface area contributed by atoms with E-state index in [2.05, 4.69) is 5.32 Å². The molecule has 0 atom stereocenters. The highest BCUT2D eigenvalue weighted by Gasteiger charge is 2.65. The Morgan fingerprint density at radius 2 is 1.83 bits per heavy atom. The maximum Gasteiger partial charge on any atom is 0.325 e. The average Bonchev–Trinajstić information content (AvgIpc) is 3.14. The lowest BCUT2D eigenvalue weighted by Crippen LogP contribution is -2.51. The molecule has 0 bridgehead atoms. The zero-order valence-corrected chi connectivity index (χ0v) is 10.1. The highest BCUT2D eigenvalue weighted by atomic mass is 16.2. The monoisotopic (exact) mass is 251 g/mol. The van der Waals surface area contributed by atoms with E-state index in [1.54, 1.807) is 0 Å². The zero-order valence-electron chi connectivity index (χ0n) is 10.1. The van der Waals surface area contributed by atoms with Gasteiger partial charge in [0.2, 0.25) is 5.91 Å².